The summed E-state index contributed by atoms with van der Waals surface area (Å²) in [7, 11) is 0. The van der Waals surface area contributed by atoms with E-state index in [0.29, 0.717) is 9.47 Å². The Labute approximate surface area is 147 Å². The summed E-state index contributed by atoms with van der Waals surface area (Å²) < 4.78 is 0.616. The van der Waals surface area contributed by atoms with Gasteiger partial charge in [0.15, 0.2) is 4.34 Å². The molecule has 0 spiro atoms. The van der Waals surface area contributed by atoms with Crippen LogP contribution in [-0.2, 0) is 9.59 Å². The van der Waals surface area contributed by atoms with Crippen molar-refractivity contribution in [2.75, 3.05) is 22.3 Å². The smallest absolute Gasteiger partial charge is 0.234 e. The van der Waals surface area contributed by atoms with Gasteiger partial charge in [0.2, 0.25) is 16.9 Å². The molecule has 6 nitrogen and oxygen atoms in total. The first kappa shape index (κ1) is 17.7. The fourth-order valence-electron chi connectivity index (χ4n) is 1.63. The molecule has 0 atom stereocenters. The Kier molecular flexibility index (Phi) is 6.82. The molecule has 0 aliphatic rings. The number of nitrogens with zero attached hydrogens (tertiary/aromatic N) is 2. The van der Waals surface area contributed by atoms with Gasteiger partial charge in [0, 0.05) is 18.0 Å². The van der Waals surface area contributed by atoms with Crippen LogP contribution in [0.4, 0.5) is 10.8 Å². The number of thioether (sulfide) groups is 1. The SMILES string of the molecule is Cc1cccc(NC(=O)CSc2nnc(NC(=O)CCCl)s2)c1. The summed E-state index contributed by atoms with van der Waals surface area (Å²) in [5.74, 6) is 0.150. The van der Waals surface area contributed by atoms with Crippen molar-refractivity contribution in [3.05, 3.63) is 29.8 Å². The van der Waals surface area contributed by atoms with E-state index in [1.165, 1.54) is 23.1 Å². The topological polar surface area (TPSA) is 84.0 Å². The minimum atomic E-state index is -0.204. The van der Waals surface area contributed by atoms with Crippen molar-refractivity contribution < 1.29 is 9.59 Å². The average molecular weight is 371 g/mol. The van der Waals surface area contributed by atoms with Crippen molar-refractivity contribution in [2.24, 2.45) is 0 Å². The van der Waals surface area contributed by atoms with Crippen molar-refractivity contribution in [1.29, 1.82) is 0 Å². The molecule has 0 aliphatic heterocycles. The molecule has 0 fully saturated rings. The molecule has 1 aromatic carbocycles. The molecule has 0 radical (unpaired) electrons. The zero-order valence-electron chi connectivity index (χ0n) is 12.3. The molecule has 2 amide bonds. The number of carbonyl (C=O) groups excluding carboxylic acids is 2. The van der Waals surface area contributed by atoms with Gasteiger partial charge < -0.3 is 10.6 Å². The Morgan fingerprint density at radius 3 is 2.83 bits per heavy atom. The van der Waals surface area contributed by atoms with Crippen LogP contribution < -0.4 is 10.6 Å². The van der Waals surface area contributed by atoms with Gasteiger partial charge in [-0.3, -0.25) is 9.59 Å². The summed E-state index contributed by atoms with van der Waals surface area (Å²) in [6.45, 7) is 1.96. The number of carbonyl (C=O) groups is 2. The lowest BCUT2D eigenvalue weighted by Gasteiger charge is -2.04. The van der Waals surface area contributed by atoms with Crippen LogP contribution in [0.5, 0.6) is 0 Å². The molecule has 0 unspecified atom stereocenters. The van der Waals surface area contributed by atoms with Gasteiger partial charge in [0.05, 0.1) is 5.75 Å². The number of rotatable bonds is 7. The predicted molar refractivity (Wildman–Crippen MR) is 94.4 cm³/mol. The largest absolute Gasteiger partial charge is 0.325 e. The van der Waals surface area contributed by atoms with Gasteiger partial charge in [0.1, 0.15) is 0 Å². The zero-order chi connectivity index (χ0) is 16.7. The molecule has 9 heteroatoms. The second-order valence-electron chi connectivity index (χ2n) is 4.57. The van der Waals surface area contributed by atoms with E-state index in [9.17, 15) is 9.59 Å². The van der Waals surface area contributed by atoms with Gasteiger partial charge in [-0.1, -0.05) is 35.2 Å². The summed E-state index contributed by atoms with van der Waals surface area (Å²) in [6, 6.07) is 7.59. The summed E-state index contributed by atoms with van der Waals surface area (Å²) in [4.78, 5) is 23.3. The molecule has 0 saturated heterocycles. The Morgan fingerprint density at radius 1 is 1.26 bits per heavy atom. The Balaban J connectivity index is 1.80. The number of hydrogen-bond acceptors (Lipinski definition) is 6. The number of halogens is 1. The maximum atomic E-state index is 11.9. The van der Waals surface area contributed by atoms with E-state index in [0.717, 1.165) is 11.3 Å². The van der Waals surface area contributed by atoms with Gasteiger partial charge in [-0.05, 0) is 24.6 Å². The lowest BCUT2D eigenvalue weighted by molar-refractivity contribution is -0.116. The Bertz CT molecular complexity index is 693. The first-order chi connectivity index (χ1) is 11.1. The van der Waals surface area contributed by atoms with E-state index in [2.05, 4.69) is 20.8 Å². The van der Waals surface area contributed by atoms with Gasteiger partial charge in [-0.2, -0.15) is 0 Å². The monoisotopic (exact) mass is 370 g/mol. The molecule has 1 aromatic heterocycles. The third-order valence-electron chi connectivity index (χ3n) is 2.60. The molecule has 0 aliphatic carbocycles. The molecular formula is C14H15ClN4O2S2. The minimum Gasteiger partial charge on any atom is -0.325 e. The van der Waals surface area contributed by atoms with Crippen LogP contribution in [0.15, 0.2) is 28.6 Å². The molecule has 2 rings (SSSR count). The average Bonchev–Trinajstić information content (AvgIpc) is 2.93. The Hall–Kier alpha value is -1.64. The standard InChI is InChI=1S/C14H15ClN4O2S2/c1-9-3-2-4-10(7-9)16-12(21)8-22-14-19-18-13(23-14)17-11(20)5-6-15/h2-4,7H,5-6,8H2,1H3,(H,16,21)(H,17,18,20). The van der Waals surface area contributed by atoms with Crippen LogP contribution in [0.25, 0.3) is 0 Å². The zero-order valence-corrected chi connectivity index (χ0v) is 14.7. The van der Waals surface area contributed by atoms with Gasteiger partial charge in [-0.15, -0.1) is 21.8 Å². The van der Waals surface area contributed by atoms with Crippen LogP contribution >= 0.6 is 34.7 Å². The highest BCUT2D eigenvalue weighted by Gasteiger charge is 2.10. The fraction of sp³-hybridized carbons (Fsp3) is 0.286. The maximum absolute atomic E-state index is 11.9. The highest BCUT2D eigenvalue weighted by Crippen LogP contribution is 2.25. The third kappa shape index (κ3) is 6.17. The van der Waals surface area contributed by atoms with Crippen molar-refractivity contribution >= 4 is 57.3 Å². The number of amides is 2. The van der Waals surface area contributed by atoms with Gasteiger partial charge in [0.25, 0.3) is 0 Å². The summed E-state index contributed by atoms with van der Waals surface area (Å²) in [5.41, 5.74) is 1.85. The predicted octanol–water partition coefficient (Wildman–Crippen LogP) is 3.14. The second-order valence-corrected chi connectivity index (χ2v) is 7.14. The second kappa shape index (κ2) is 8.85. The lowest BCUT2D eigenvalue weighted by Crippen LogP contribution is -2.13. The van der Waals surface area contributed by atoms with E-state index in [-0.39, 0.29) is 29.9 Å². The highest BCUT2D eigenvalue weighted by atomic mass is 35.5. The van der Waals surface area contributed by atoms with Crippen LogP contribution in [0.2, 0.25) is 0 Å². The summed E-state index contributed by atoms with van der Waals surface area (Å²) >= 11 is 7.98. The molecule has 122 valence electrons. The van der Waals surface area contributed by atoms with E-state index in [4.69, 9.17) is 11.6 Å². The van der Waals surface area contributed by atoms with Crippen LogP contribution in [0.1, 0.15) is 12.0 Å². The molecule has 2 aromatic rings. The number of aromatic nitrogens is 2. The first-order valence-electron chi connectivity index (χ1n) is 6.75. The van der Waals surface area contributed by atoms with Crippen molar-refractivity contribution in [2.45, 2.75) is 17.7 Å². The van der Waals surface area contributed by atoms with E-state index in [1.54, 1.807) is 0 Å². The molecular weight excluding hydrogens is 356 g/mol. The van der Waals surface area contributed by atoms with Crippen molar-refractivity contribution in [3.8, 4) is 0 Å². The van der Waals surface area contributed by atoms with E-state index < -0.39 is 0 Å². The van der Waals surface area contributed by atoms with Crippen LogP contribution in [0.3, 0.4) is 0 Å². The summed E-state index contributed by atoms with van der Waals surface area (Å²) in [5, 5.41) is 13.6. The van der Waals surface area contributed by atoms with Gasteiger partial charge in [-0.25, -0.2) is 0 Å². The molecule has 2 N–H and O–H groups in total. The number of aryl methyl sites for hydroxylation is 1. The fourth-order valence-corrected chi connectivity index (χ4v) is 3.37. The number of benzene rings is 1. The quantitative estimate of drug-likeness (QED) is 0.444. The molecule has 23 heavy (non-hydrogen) atoms. The number of hydrogen-bond donors (Lipinski definition) is 2. The van der Waals surface area contributed by atoms with Crippen LogP contribution in [0, 0.1) is 6.92 Å². The van der Waals surface area contributed by atoms with Crippen molar-refractivity contribution in [1.82, 2.24) is 10.2 Å². The third-order valence-corrected chi connectivity index (χ3v) is 4.76. The van der Waals surface area contributed by atoms with Crippen LogP contribution in [-0.4, -0.2) is 33.6 Å². The highest BCUT2D eigenvalue weighted by molar-refractivity contribution is 8.01. The number of anilines is 2. The summed E-state index contributed by atoms with van der Waals surface area (Å²) in [6.07, 6.45) is 0.225. The normalized spacial score (nSPS) is 10.3. The number of alkyl halides is 1. The van der Waals surface area contributed by atoms with Gasteiger partial charge >= 0.3 is 0 Å². The van der Waals surface area contributed by atoms with Crippen molar-refractivity contribution in [3.63, 3.8) is 0 Å². The van der Waals surface area contributed by atoms with E-state index in [1.807, 2.05) is 31.2 Å². The van der Waals surface area contributed by atoms with E-state index >= 15 is 0 Å². The Morgan fingerprint density at radius 2 is 2.09 bits per heavy atom. The first-order valence-corrected chi connectivity index (χ1v) is 9.09. The number of nitrogens with one attached hydrogen (secondary N) is 2. The maximum Gasteiger partial charge on any atom is 0.234 e. The lowest BCUT2D eigenvalue weighted by atomic mass is 10.2. The molecule has 0 saturated carbocycles. The molecule has 1 heterocycles. The minimum absolute atomic E-state index is 0.122. The molecule has 0 bridgehead atoms.